The number of aromatic nitrogens is 1. The Morgan fingerprint density at radius 1 is 1.00 bits per heavy atom. The van der Waals surface area contributed by atoms with Gasteiger partial charge in [-0.15, -0.1) is 0 Å². The van der Waals surface area contributed by atoms with Gasteiger partial charge in [0.05, 0.1) is 10.0 Å². The standard InChI is InChI=1S/C11H8Cl2F2N4/c12-6-4-7(13)11(19-16)18-10(6)17-5-1-2-8(14)9(15)3-5/h1-4H,16H2,(H2,17,18,19). The second kappa shape index (κ2) is 5.56. The summed E-state index contributed by atoms with van der Waals surface area (Å²) in [6.45, 7) is 0. The Hall–Kier alpha value is -1.63. The van der Waals surface area contributed by atoms with Crippen LogP contribution in [0.1, 0.15) is 0 Å². The molecule has 0 saturated carbocycles. The number of hydrogen-bond donors (Lipinski definition) is 3. The number of benzene rings is 1. The van der Waals surface area contributed by atoms with Crippen LogP contribution < -0.4 is 16.6 Å². The number of anilines is 3. The molecule has 0 aliphatic heterocycles. The summed E-state index contributed by atoms with van der Waals surface area (Å²) in [5, 5.41) is 3.19. The zero-order valence-corrected chi connectivity index (χ0v) is 10.9. The molecule has 0 saturated heterocycles. The molecular formula is C11H8Cl2F2N4. The van der Waals surface area contributed by atoms with Gasteiger partial charge in [0.1, 0.15) is 0 Å². The molecule has 8 heteroatoms. The van der Waals surface area contributed by atoms with E-state index in [0.29, 0.717) is 5.69 Å². The highest BCUT2D eigenvalue weighted by Crippen LogP contribution is 2.30. The lowest BCUT2D eigenvalue weighted by Gasteiger charge is -2.10. The number of hydrogen-bond acceptors (Lipinski definition) is 4. The largest absolute Gasteiger partial charge is 0.339 e. The molecule has 0 unspecified atom stereocenters. The summed E-state index contributed by atoms with van der Waals surface area (Å²) in [5.74, 6) is 3.73. The summed E-state index contributed by atoms with van der Waals surface area (Å²) in [6.07, 6.45) is 0. The number of nitrogens with one attached hydrogen (secondary N) is 2. The van der Waals surface area contributed by atoms with Crippen molar-refractivity contribution < 1.29 is 8.78 Å². The highest BCUT2D eigenvalue weighted by atomic mass is 35.5. The van der Waals surface area contributed by atoms with Crippen LogP contribution in [-0.4, -0.2) is 4.98 Å². The smallest absolute Gasteiger partial charge is 0.161 e. The molecule has 0 radical (unpaired) electrons. The lowest BCUT2D eigenvalue weighted by molar-refractivity contribution is 0.509. The maximum absolute atomic E-state index is 13.1. The molecule has 4 N–H and O–H groups in total. The molecule has 19 heavy (non-hydrogen) atoms. The van der Waals surface area contributed by atoms with Crippen LogP contribution in [-0.2, 0) is 0 Å². The molecule has 0 amide bonds. The maximum atomic E-state index is 13.1. The van der Waals surface area contributed by atoms with Crippen LogP contribution in [0.3, 0.4) is 0 Å². The van der Waals surface area contributed by atoms with Gasteiger partial charge in [0.15, 0.2) is 23.3 Å². The minimum Gasteiger partial charge on any atom is -0.339 e. The molecule has 0 bridgehead atoms. The number of rotatable bonds is 3. The monoisotopic (exact) mass is 304 g/mol. The van der Waals surface area contributed by atoms with Crippen LogP contribution in [0.5, 0.6) is 0 Å². The van der Waals surface area contributed by atoms with E-state index in [1.807, 2.05) is 0 Å². The van der Waals surface area contributed by atoms with E-state index in [1.165, 1.54) is 12.1 Å². The second-order valence-electron chi connectivity index (χ2n) is 3.55. The Kier molecular flexibility index (Phi) is 4.04. The molecule has 2 aromatic rings. The van der Waals surface area contributed by atoms with Crippen molar-refractivity contribution in [2.75, 3.05) is 10.7 Å². The first-order chi connectivity index (χ1) is 9.01. The SMILES string of the molecule is NNc1nc(Nc2ccc(F)c(F)c2)c(Cl)cc1Cl. The van der Waals surface area contributed by atoms with Gasteiger partial charge < -0.3 is 10.7 Å². The number of halogens is 4. The summed E-state index contributed by atoms with van der Waals surface area (Å²) < 4.78 is 25.9. The van der Waals surface area contributed by atoms with Crippen LogP contribution in [0.4, 0.5) is 26.1 Å². The predicted octanol–water partition coefficient (Wildman–Crippen LogP) is 3.70. The molecule has 0 atom stereocenters. The third kappa shape index (κ3) is 3.04. The lowest BCUT2D eigenvalue weighted by atomic mass is 10.3. The molecular weight excluding hydrogens is 297 g/mol. The molecule has 0 aliphatic carbocycles. The Balaban J connectivity index is 2.34. The third-order valence-corrected chi connectivity index (χ3v) is 2.82. The Bertz CT molecular complexity index is 622. The van der Waals surface area contributed by atoms with Crippen molar-refractivity contribution in [2.24, 2.45) is 5.84 Å². The van der Waals surface area contributed by atoms with Crippen LogP contribution in [0, 0.1) is 11.6 Å². The topological polar surface area (TPSA) is 63.0 Å². The van der Waals surface area contributed by atoms with Crippen molar-refractivity contribution in [3.05, 3.63) is 45.9 Å². The van der Waals surface area contributed by atoms with E-state index in [-0.39, 0.29) is 21.7 Å². The lowest BCUT2D eigenvalue weighted by Crippen LogP contribution is -2.10. The molecule has 2 rings (SSSR count). The maximum Gasteiger partial charge on any atom is 0.161 e. The number of nitrogens with zero attached hydrogens (tertiary/aromatic N) is 1. The summed E-state index contributed by atoms with van der Waals surface area (Å²) in [6, 6.07) is 4.75. The zero-order chi connectivity index (χ0) is 14.0. The first-order valence-corrected chi connectivity index (χ1v) is 5.81. The summed E-state index contributed by atoms with van der Waals surface area (Å²) in [7, 11) is 0. The van der Waals surface area contributed by atoms with E-state index in [4.69, 9.17) is 29.0 Å². The average molecular weight is 305 g/mol. The van der Waals surface area contributed by atoms with E-state index >= 15 is 0 Å². The Labute approximate surface area is 117 Å². The van der Waals surface area contributed by atoms with E-state index < -0.39 is 11.6 Å². The first-order valence-electron chi connectivity index (χ1n) is 5.06. The Morgan fingerprint density at radius 3 is 2.32 bits per heavy atom. The molecule has 1 aromatic carbocycles. The molecule has 100 valence electrons. The quantitative estimate of drug-likeness (QED) is 0.598. The van der Waals surface area contributed by atoms with Crippen LogP contribution >= 0.6 is 23.2 Å². The van der Waals surface area contributed by atoms with Crippen molar-refractivity contribution >= 4 is 40.5 Å². The van der Waals surface area contributed by atoms with Crippen molar-refractivity contribution in [3.63, 3.8) is 0 Å². The fourth-order valence-electron chi connectivity index (χ4n) is 1.37. The van der Waals surface area contributed by atoms with Gasteiger partial charge in [0, 0.05) is 11.8 Å². The van der Waals surface area contributed by atoms with E-state index in [9.17, 15) is 8.78 Å². The van der Waals surface area contributed by atoms with Crippen molar-refractivity contribution in [1.29, 1.82) is 0 Å². The van der Waals surface area contributed by atoms with Gasteiger partial charge >= 0.3 is 0 Å². The van der Waals surface area contributed by atoms with Crippen LogP contribution in [0.2, 0.25) is 10.0 Å². The predicted molar refractivity (Wildman–Crippen MR) is 71.7 cm³/mol. The number of nitrogens with two attached hydrogens (primary N) is 1. The molecule has 1 aromatic heterocycles. The number of hydrazine groups is 1. The average Bonchev–Trinajstić information content (AvgIpc) is 2.37. The van der Waals surface area contributed by atoms with Gasteiger partial charge in [0.25, 0.3) is 0 Å². The van der Waals surface area contributed by atoms with Crippen molar-refractivity contribution in [1.82, 2.24) is 4.98 Å². The number of pyridine rings is 1. The summed E-state index contributed by atoms with van der Waals surface area (Å²) in [5.41, 5.74) is 2.58. The highest BCUT2D eigenvalue weighted by molar-refractivity contribution is 6.37. The van der Waals surface area contributed by atoms with Gasteiger partial charge in [-0.2, -0.15) is 0 Å². The van der Waals surface area contributed by atoms with Crippen LogP contribution in [0.25, 0.3) is 0 Å². The van der Waals surface area contributed by atoms with Crippen molar-refractivity contribution in [3.8, 4) is 0 Å². The van der Waals surface area contributed by atoms with E-state index in [2.05, 4.69) is 15.7 Å². The van der Waals surface area contributed by atoms with Crippen LogP contribution in [0.15, 0.2) is 24.3 Å². The highest BCUT2D eigenvalue weighted by Gasteiger charge is 2.10. The summed E-state index contributed by atoms with van der Waals surface area (Å²) >= 11 is 11.8. The van der Waals surface area contributed by atoms with Gasteiger partial charge in [-0.05, 0) is 18.2 Å². The fraction of sp³-hybridized carbons (Fsp3) is 0. The normalized spacial score (nSPS) is 10.4. The second-order valence-corrected chi connectivity index (χ2v) is 4.36. The molecule has 4 nitrogen and oxygen atoms in total. The first kappa shape index (κ1) is 13.8. The van der Waals surface area contributed by atoms with Gasteiger partial charge in [-0.25, -0.2) is 19.6 Å². The third-order valence-electron chi connectivity index (χ3n) is 2.25. The van der Waals surface area contributed by atoms with Gasteiger partial charge in [0.2, 0.25) is 0 Å². The van der Waals surface area contributed by atoms with E-state index in [1.54, 1.807) is 0 Å². The summed E-state index contributed by atoms with van der Waals surface area (Å²) in [4.78, 5) is 4.01. The van der Waals surface area contributed by atoms with Gasteiger partial charge in [-0.3, -0.25) is 0 Å². The molecule has 1 heterocycles. The fourth-order valence-corrected chi connectivity index (χ4v) is 1.83. The minimum absolute atomic E-state index is 0.205. The molecule has 0 fully saturated rings. The number of nitrogen functional groups attached to an aromatic ring is 1. The van der Waals surface area contributed by atoms with E-state index in [0.717, 1.165) is 12.1 Å². The van der Waals surface area contributed by atoms with Gasteiger partial charge in [-0.1, -0.05) is 23.2 Å². The minimum atomic E-state index is -0.979. The van der Waals surface area contributed by atoms with Crippen molar-refractivity contribution in [2.45, 2.75) is 0 Å². The Morgan fingerprint density at radius 2 is 1.68 bits per heavy atom. The molecule has 0 aliphatic rings. The zero-order valence-electron chi connectivity index (χ0n) is 9.35. The molecule has 0 spiro atoms.